The Morgan fingerprint density at radius 2 is 2.14 bits per heavy atom. The van der Waals surface area contributed by atoms with Crippen molar-refractivity contribution in [1.29, 1.82) is 0 Å². The number of hydrogen-bond acceptors (Lipinski definition) is 4. The highest BCUT2D eigenvalue weighted by Crippen LogP contribution is 2.27. The molecule has 2 aromatic carbocycles. The molecule has 0 spiro atoms. The molecule has 0 aromatic heterocycles. The minimum absolute atomic E-state index is 0.193. The van der Waals surface area contributed by atoms with Crippen LogP contribution in [0.25, 0.3) is 0 Å². The molecule has 1 aliphatic heterocycles. The van der Waals surface area contributed by atoms with Crippen molar-refractivity contribution in [2.75, 3.05) is 24.8 Å². The minimum Gasteiger partial charge on any atom is -0.497 e. The van der Waals surface area contributed by atoms with E-state index in [0.717, 1.165) is 17.7 Å². The second-order valence-corrected chi connectivity index (χ2v) is 4.83. The first-order valence-electron chi connectivity index (χ1n) is 6.68. The second-order valence-electron chi connectivity index (χ2n) is 4.83. The second kappa shape index (κ2) is 5.36. The zero-order chi connectivity index (χ0) is 14.8. The molecule has 0 aliphatic carbocycles. The van der Waals surface area contributed by atoms with Gasteiger partial charge in [-0.2, -0.15) is 0 Å². The van der Waals surface area contributed by atoms with Gasteiger partial charge in [0.05, 0.1) is 25.1 Å². The van der Waals surface area contributed by atoms with Gasteiger partial charge in [0.1, 0.15) is 11.5 Å². The highest BCUT2D eigenvalue weighted by Gasteiger charge is 2.15. The smallest absolute Gasteiger partial charge is 0.255 e. The lowest BCUT2D eigenvalue weighted by molar-refractivity contribution is 0.102. The fourth-order valence-electron chi connectivity index (χ4n) is 2.30. The third kappa shape index (κ3) is 2.63. The first-order valence-corrected chi connectivity index (χ1v) is 6.68. The van der Waals surface area contributed by atoms with Crippen molar-refractivity contribution in [3.8, 4) is 11.5 Å². The van der Waals surface area contributed by atoms with E-state index >= 15 is 0 Å². The lowest BCUT2D eigenvalue weighted by Crippen LogP contribution is -2.13. The van der Waals surface area contributed by atoms with E-state index in [1.807, 2.05) is 12.1 Å². The number of amides is 1. The van der Waals surface area contributed by atoms with Gasteiger partial charge in [-0.15, -0.1) is 0 Å². The number of rotatable bonds is 3. The Morgan fingerprint density at radius 1 is 1.29 bits per heavy atom. The van der Waals surface area contributed by atoms with E-state index in [4.69, 9.17) is 15.2 Å². The number of hydrogen-bond donors (Lipinski definition) is 2. The molecule has 0 atom stereocenters. The molecule has 0 saturated heterocycles. The van der Waals surface area contributed by atoms with Gasteiger partial charge in [-0.1, -0.05) is 0 Å². The lowest BCUT2D eigenvalue weighted by atomic mass is 10.1. The molecule has 5 nitrogen and oxygen atoms in total. The van der Waals surface area contributed by atoms with E-state index in [0.29, 0.717) is 29.3 Å². The zero-order valence-corrected chi connectivity index (χ0v) is 11.7. The number of methoxy groups -OCH3 is 1. The normalized spacial score (nSPS) is 12.4. The molecule has 108 valence electrons. The molecule has 0 radical (unpaired) electrons. The third-order valence-electron chi connectivity index (χ3n) is 3.46. The number of fused-ring (bicyclic) bond motifs is 1. The fraction of sp³-hybridized carbons (Fsp3) is 0.188. The Morgan fingerprint density at radius 3 is 2.90 bits per heavy atom. The summed E-state index contributed by atoms with van der Waals surface area (Å²) in [5.74, 6) is 1.32. The lowest BCUT2D eigenvalue weighted by Gasteiger charge is -2.10. The summed E-state index contributed by atoms with van der Waals surface area (Å²) < 4.78 is 10.5. The minimum atomic E-state index is -0.193. The van der Waals surface area contributed by atoms with Crippen LogP contribution in [-0.2, 0) is 6.42 Å². The van der Waals surface area contributed by atoms with E-state index in [1.165, 1.54) is 0 Å². The molecular weight excluding hydrogens is 268 g/mol. The Balaban J connectivity index is 1.80. The van der Waals surface area contributed by atoms with Gasteiger partial charge in [-0.3, -0.25) is 4.79 Å². The van der Waals surface area contributed by atoms with Crippen LogP contribution < -0.4 is 20.5 Å². The van der Waals surface area contributed by atoms with Crippen molar-refractivity contribution in [3.63, 3.8) is 0 Å². The molecule has 2 aromatic rings. The van der Waals surface area contributed by atoms with Crippen LogP contribution in [0.15, 0.2) is 36.4 Å². The zero-order valence-electron chi connectivity index (χ0n) is 11.7. The van der Waals surface area contributed by atoms with Crippen LogP contribution in [0, 0.1) is 0 Å². The van der Waals surface area contributed by atoms with E-state index in [-0.39, 0.29) is 5.91 Å². The first-order chi connectivity index (χ1) is 10.2. The van der Waals surface area contributed by atoms with Crippen LogP contribution in [-0.4, -0.2) is 19.6 Å². The van der Waals surface area contributed by atoms with Crippen LogP contribution in [0.3, 0.4) is 0 Å². The molecule has 0 unspecified atom stereocenters. The molecule has 0 fully saturated rings. The van der Waals surface area contributed by atoms with Crippen LogP contribution in [0.5, 0.6) is 11.5 Å². The molecule has 3 N–H and O–H groups in total. The highest BCUT2D eigenvalue weighted by molar-refractivity contribution is 6.06. The fourth-order valence-corrected chi connectivity index (χ4v) is 2.30. The third-order valence-corrected chi connectivity index (χ3v) is 3.46. The number of carbonyl (C=O) groups is 1. The van der Waals surface area contributed by atoms with Crippen LogP contribution in [0.1, 0.15) is 15.9 Å². The van der Waals surface area contributed by atoms with Crippen molar-refractivity contribution in [3.05, 3.63) is 47.5 Å². The van der Waals surface area contributed by atoms with Crippen LogP contribution in [0.2, 0.25) is 0 Å². The average Bonchev–Trinajstić information content (AvgIpc) is 2.96. The van der Waals surface area contributed by atoms with Gasteiger partial charge in [0.25, 0.3) is 5.91 Å². The number of benzene rings is 2. The van der Waals surface area contributed by atoms with Gasteiger partial charge < -0.3 is 20.5 Å². The summed E-state index contributed by atoms with van der Waals surface area (Å²) in [4.78, 5) is 12.3. The summed E-state index contributed by atoms with van der Waals surface area (Å²) in [5.41, 5.74) is 8.58. The number of nitrogens with one attached hydrogen (secondary N) is 1. The van der Waals surface area contributed by atoms with Gasteiger partial charge in [-0.05, 0) is 35.9 Å². The molecular formula is C16H16N2O3. The summed E-state index contributed by atoms with van der Waals surface area (Å²) in [5, 5.41) is 2.81. The molecule has 5 heteroatoms. The number of anilines is 2. The Labute approximate surface area is 122 Å². The number of carbonyl (C=O) groups excluding carboxylic acids is 1. The maximum atomic E-state index is 12.3. The van der Waals surface area contributed by atoms with Crippen LogP contribution in [0.4, 0.5) is 11.4 Å². The van der Waals surface area contributed by atoms with Gasteiger partial charge >= 0.3 is 0 Å². The van der Waals surface area contributed by atoms with E-state index in [9.17, 15) is 4.79 Å². The summed E-state index contributed by atoms with van der Waals surface area (Å²) >= 11 is 0. The average molecular weight is 284 g/mol. The summed E-state index contributed by atoms with van der Waals surface area (Å²) in [6.07, 6.45) is 0.834. The number of nitrogens with two attached hydrogens (primary N) is 1. The standard InChI is InChI=1S/C16H16N2O3/c1-20-12-3-4-14(13(17)9-12)18-16(19)11-2-5-15-10(8-11)6-7-21-15/h2-5,8-9H,6-7,17H2,1H3,(H,18,19). The van der Waals surface area contributed by atoms with Crippen molar-refractivity contribution >= 4 is 17.3 Å². The number of ether oxygens (including phenoxy) is 2. The largest absolute Gasteiger partial charge is 0.497 e. The van der Waals surface area contributed by atoms with E-state index in [2.05, 4.69) is 5.32 Å². The maximum Gasteiger partial charge on any atom is 0.255 e. The predicted octanol–water partition coefficient (Wildman–Crippen LogP) is 2.46. The van der Waals surface area contributed by atoms with E-state index < -0.39 is 0 Å². The monoisotopic (exact) mass is 284 g/mol. The molecule has 0 saturated carbocycles. The van der Waals surface area contributed by atoms with E-state index in [1.54, 1.807) is 31.4 Å². The Hall–Kier alpha value is -2.69. The van der Waals surface area contributed by atoms with Crippen LogP contribution >= 0.6 is 0 Å². The Kier molecular flexibility index (Phi) is 3.39. The maximum absolute atomic E-state index is 12.3. The summed E-state index contributed by atoms with van der Waals surface area (Å²) in [6, 6.07) is 10.6. The van der Waals surface area contributed by atoms with Gasteiger partial charge in [0.2, 0.25) is 0 Å². The topological polar surface area (TPSA) is 73.6 Å². The molecule has 1 heterocycles. The molecule has 1 amide bonds. The first kappa shape index (κ1) is 13.3. The SMILES string of the molecule is COc1ccc(NC(=O)c2ccc3c(c2)CCO3)c(N)c1. The predicted molar refractivity (Wildman–Crippen MR) is 81.0 cm³/mol. The molecule has 3 rings (SSSR count). The van der Waals surface area contributed by atoms with Crippen molar-refractivity contribution in [2.45, 2.75) is 6.42 Å². The highest BCUT2D eigenvalue weighted by atomic mass is 16.5. The van der Waals surface area contributed by atoms with Crippen molar-refractivity contribution < 1.29 is 14.3 Å². The molecule has 21 heavy (non-hydrogen) atoms. The van der Waals surface area contributed by atoms with Gasteiger partial charge in [0.15, 0.2) is 0 Å². The van der Waals surface area contributed by atoms with Crippen molar-refractivity contribution in [2.24, 2.45) is 0 Å². The van der Waals surface area contributed by atoms with Gasteiger partial charge in [0, 0.05) is 18.1 Å². The molecule has 1 aliphatic rings. The quantitative estimate of drug-likeness (QED) is 0.849. The van der Waals surface area contributed by atoms with Gasteiger partial charge in [-0.25, -0.2) is 0 Å². The Bertz CT molecular complexity index is 698. The van der Waals surface area contributed by atoms with Crippen molar-refractivity contribution in [1.82, 2.24) is 0 Å². The summed E-state index contributed by atoms with van der Waals surface area (Å²) in [6.45, 7) is 0.672. The summed E-state index contributed by atoms with van der Waals surface area (Å²) in [7, 11) is 1.57. The molecule has 0 bridgehead atoms. The number of nitrogen functional groups attached to an aromatic ring is 1.